The number of urea groups is 1. The van der Waals surface area contributed by atoms with Gasteiger partial charge in [0, 0.05) is 29.3 Å². The second kappa shape index (κ2) is 8.07. The highest BCUT2D eigenvalue weighted by atomic mass is 16.2. The van der Waals surface area contributed by atoms with Crippen LogP contribution in [0, 0.1) is 0 Å². The molecule has 0 aliphatic carbocycles. The van der Waals surface area contributed by atoms with E-state index in [4.69, 9.17) is 11.5 Å². The molecule has 0 spiro atoms. The normalized spacial score (nSPS) is 10.3. The average molecular weight is 346 g/mol. The summed E-state index contributed by atoms with van der Waals surface area (Å²) in [7, 11) is 0. The van der Waals surface area contributed by atoms with Crippen LogP contribution in [0.2, 0.25) is 0 Å². The number of nitrogens with two attached hydrogens (primary N) is 2. The lowest BCUT2D eigenvalue weighted by molar-refractivity contribution is 0.254. The maximum atomic E-state index is 11.9. The van der Waals surface area contributed by atoms with Crippen molar-refractivity contribution in [2.75, 3.05) is 22.5 Å². The summed E-state index contributed by atoms with van der Waals surface area (Å²) in [6, 6.07) is 24.7. The number of primary amides is 1. The Morgan fingerprint density at radius 2 is 1.46 bits per heavy atom. The number of nitrogens with zero attached hydrogens (tertiary/aromatic N) is 1. The number of carbonyl (C=O) groups is 1. The Morgan fingerprint density at radius 1 is 0.846 bits per heavy atom. The summed E-state index contributed by atoms with van der Waals surface area (Å²) in [6.07, 6.45) is 0.702. The van der Waals surface area contributed by atoms with E-state index in [0.29, 0.717) is 13.0 Å². The van der Waals surface area contributed by atoms with Crippen LogP contribution < -0.4 is 21.7 Å². The number of nitrogen functional groups attached to an aromatic ring is 1. The number of rotatable bonds is 6. The van der Waals surface area contributed by atoms with E-state index in [1.54, 1.807) is 4.90 Å². The summed E-state index contributed by atoms with van der Waals surface area (Å²) in [5.41, 5.74) is 15.8. The molecule has 3 aromatic rings. The van der Waals surface area contributed by atoms with E-state index in [1.807, 2.05) is 78.9 Å². The van der Waals surface area contributed by atoms with Gasteiger partial charge in [0.2, 0.25) is 0 Å². The van der Waals surface area contributed by atoms with Gasteiger partial charge in [0.25, 0.3) is 0 Å². The standard InChI is InChI=1S/C21H22N4O/c22-17-8-6-16(7-9-17)14-15-25(21(23)26)20-12-10-19(11-13-20)24-18-4-2-1-3-5-18/h1-13,24H,14-15,22H2,(H2,23,26). The largest absolute Gasteiger partial charge is 0.399 e. The molecule has 0 aromatic heterocycles. The molecule has 3 aromatic carbocycles. The monoisotopic (exact) mass is 346 g/mol. The van der Waals surface area contributed by atoms with Crippen molar-refractivity contribution in [1.82, 2.24) is 0 Å². The second-order valence-electron chi connectivity index (χ2n) is 6.02. The third-order valence-electron chi connectivity index (χ3n) is 4.11. The zero-order valence-corrected chi connectivity index (χ0v) is 14.4. The van der Waals surface area contributed by atoms with Crippen LogP contribution in [0.15, 0.2) is 78.9 Å². The van der Waals surface area contributed by atoms with Crippen molar-refractivity contribution in [2.24, 2.45) is 5.73 Å². The van der Waals surface area contributed by atoms with Gasteiger partial charge in [0.1, 0.15) is 0 Å². The molecule has 5 N–H and O–H groups in total. The van der Waals surface area contributed by atoms with E-state index in [9.17, 15) is 4.79 Å². The number of carbonyl (C=O) groups excluding carboxylic acids is 1. The van der Waals surface area contributed by atoms with Crippen LogP contribution in [0.4, 0.5) is 27.5 Å². The predicted octanol–water partition coefficient (Wildman–Crippen LogP) is 4.14. The summed E-state index contributed by atoms with van der Waals surface area (Å²) < 4.78 is 0. The number of benzene rings is 3. The van der Waals surface area contributed by atoms with Crippen LogP contribution in [0.25, 0.3) is 0 Å². The summed E-state index contributed by atoms with van der Waals surface area (Å²) in [5, 5.41) is 3.32. The molecule has 0 saturated heterocycles. The van der Waals surface area contributed by atoms with Gasteiger partial charge in [-0.1, -0.05) is 30.3 Å². The molecule has 0 aliphatic rings. The van der Waals surface area contributed by atoms with Crippen LogP contribution in [0.3, 0.4) is 0 Å². The fourth-order valence-electron chi connectivity index (χ4n) is 2.70. The zero-order valence-electron chi connectivity index (χ0n) is 14.4. The van der Waals surface area contributed by atoms with Crippen molar-refractivity contribution in [1.29, 1.82) is 0 Å². The van der Waals surface area contributed by atoms with Crippen molar-refractivity contribution in [2.45, 2.75) is 6.42 Å². The van der Waals surface area contributed by atoms with E-state index < -0.39 is 6.03 Å². The lowest BCUT2D eigenvalue weighted by Crippen LogP contribution is -2.37. The van der Waals surface area contributed by atoms with Gasteiger partial charge in [0.15, 0.2) is 0 Å². The van der Waals surface area contributed by atoms with Crippen LogP contribution >= 0.6 is 0 Å². The van der Waals surface area contributed by atoms with E-state index in [-0.39, 0.29) is 0 Å². The molecule has 0 atom stereocenters. The summed E-state index contributed by atoms with van der Waals surface area (Å²) >= 11 is 0. The van der Waals surface area contributed by atoms with Crippen LogP contribution in [-0.2, 0) is 6.42 Å². The molecule has 0 fully saturated rings. The Bertz CT molecular complexity index is 845. The van der Waals surface area contributed by atoms with Gasteiger partial charge in [-0.2, -0.15) is 0 Å². The number of amides is 2. The minimum atomic E-state index is -0.468. The quantitative estimate of drug-likeness (QED) is 0.586. The predicted molar refractivity (Wildman–Crippen MR) is 108 cm³/mol. The maximum absolute atomic E-state index is 11.9. The van der Waals surface area contributed by atoms with Crippen molar-refractivity contribution in [3.8, 4) is 0 Å². The Hall–Kier alpha value is -3.47. The highest BCUT2D eigenvalue weighted by Gasteiger charge is 2.12. The first-order valence-corrected chi connectivity index (χ1v) is 8.45. The molecule has 132 valence electrons. The molecule has 5 heteroatoms. The molecule has 0 saturated carbocycles. The molecule has 0 unspecified atom stereocenters. The van der Waals surface area contributed by atoms with E-state index in [2.05, 4.69) is 5.32 Å². The third-order valence-corrected chi connectivity index (χ3v) is 4.11. The number of hydrogen-bond donors (Lipinski definition) is 3. The van der Waals surface area contributed by atoms with Gasteiger partial charge in [-0.3, -0.25) is 4.90 Å². The highest BCUT2D eigenvalue weighted by Crippen LogP contribution is 2.21. The number of hydrogen-bond acceptors (Lipinski definition) is 3. The Balaban J connectivity index is 1.67. The van der Waals surface area contributed by atoms with E-state index in [0.717, 1.165) is 28.3 Å². The first kappa shape index (κ1) is 17.4. The van der Waals surface area contributed by atoms with Gasteiger partial charge in [-0.05, 0) is 60.5 Å². The van der Waals surface area contributed by atoms with Gasteiger partial charge in [-0.15, -0.1) is 0 Å². The molecule has 5 nitrogen and oxygen atoms in total. The molecule has 26 heavy (non-hydrogen) atoms. The molecular weight excluding hydrogens is 324 g/mol. The maximum Gasteiger partial charge on any atom is 0.319 e. The summed E-state index contributed by atoms with van der Waals surface area (Å²) in [5.74, 6) is 0. The molecule has 0 heterocycles. The topological polar surface area (TPSA) is 84.4 Å². The number of para-hydroxylation sites is 1. The molecular formula is C21H22N4O. The first-order valence-electron chi connectivity index (χ1n) is 8.45. The molecule has 3 rings (SSSR count). The van der Waals surface area contributed by atoms with Gasteiger partial charge in [0.05, 0.1) is 0 Å². The minimum Gasteiger partial charge on any atom is -0.399 e. The van der Waals surface area contributed by atoms with E-state index >= 15 is 0 Å². The zero-order chi connectivity index (χ0) is 18.4. The van der Waals surface area contributed by atoms with Gasteiger partial charge in [-0.25, -0.2) is 4.79 Å². The van der Waals surface area contributed by atoms with Crippen molar-refractivity contribution in [3.63, 3.8) is 0 Å². The van der Waals surface area contributed by atoms with Crippen molar-refractivity contribution in [3.05, 3.63) is 84.4 Å². The Kier molecular flexibility index (Phi) is 5.39. The number of anilines is 4. The second-order valence-corrected chi connectivity index (χ2v) is 6.02. The lowest BCUT2D eigenvalue weighted by Gasteiger charge is -2.21. The number of nitrogens with one attached hydrogen (secondary N) is 1. The fraction of sp³-hybridized carbons (Fsp3) is 0.0952. The van der Waals surface area contributed by atoms with Crippen LogP contribution in [0.5, 0.6) is 0 Å². The fourth-order valence-corrected chi connectivity index (χ4v) is 2.70. The molecule has 2 amide bonds. The highest BCUT2D eigenvalue weighted by molar-refractivity contribution is 5.91. The summed E-state index contributed by atoms with van der Waals surface area (Å²) in [6.45, 7) is 0.505. The smallest absolute Gasteiger partial charge is 0.319 e. The SMILES string of the molecule is NC(=O)N(CCc1ccc(N)cc1)c1ccc(Nc2ccccc2)cc1. The van der Waals surface area contributed by atoms with Crippen LogP contribution in [-0.4, -0.2) is 12.6 Å². The van der Waals surface area contributed by atoms with Gasteiger partial charge >= 0.3 is 6.03 Å². The third kappa shape index (κ3) is 4.54. The van der Waals surface area contributed by atoms with Crippen molar-refractivity contribution >= 4 is 28.8 Å². The average Bonchev–Trinajstić information content (AvgIpc) is 2.65. The lowest BCUT2D eigenvalue weighted by atomic mass is 10.1. The van der Waals surface area contributed by atoms with Gasteiger partial charge < -0.3 is 16.8 Å². The van der Waals surface area contributed by atoms with Crippen molar-refractivity contribution < 1.29 is 4.79 Å². The summed E-state index contributed by atoms with van der Waals surface area (Å²) in [4.78, 5) is 13.4. The van der Waals surface area contributed by atoms with Crippen LogP contribution in [0.1, 0.15) is 5.56 Å². The molecule has 0 aliphatic heterocycles. The first-order chi connectivity index (χ1) is 12.6. The minimum absolute atomic E-state index is 0.468. The Morgan fingerprint density at radius 3 is 2.08 bits per heavy atom. The van der Waals surface area contributed by atoms with E-state index in [1.165, 1.54) is 0 Å². The Labute approximate surface area is 153 Å². The molecule has 0 radical (unpaired) electrons. The molecule has 0 bridgehead atoms.